The van der Waals surface area contributed by atoms with E-state index < -0.39 is 0 Å². The van der Waals surface area contributed by atoms with E-state index in [9.17, 15) is 9.59 Å². The predicted molar refractivity (Wildman–Crippen MR) is 140 cm³/mol. The second-order valence-corrected chi connectivity index (χ2v) is 11.1. The number of benzene rings is 1. The van der Waals surface area contributed by atoms with Crippen LogP contribution in [0.1, 0.15) is 76.3 Å². The Kier molecular flexibility index (Phi) is 7.41. The number of aromatic nitrogens is 2. The molecule has 0 saturated heterocycles. The van der Waals surface area contributed by atoms with Gasteiger partial charge in [0, 0.05) is 52.4 Å². The Bertz CT molecular complexity index is 1220. The largest absolute Gasteiger partial charge is 0.351 e. The van der Waals surface area contributed by atoms with E-state index in [2.05, 4.69) is 32.4 Å². The smallest absolute Gasteiger partial charge is 0.280 e. The molecule has 9 heteroatoms. The van der Waals surface area contributed by atoms with E-state index in [4.69, 9.17) is 11.6 Å². The first kappa shape index (κ1) is 24.3. The maximum absolute atomic E-state index is 13.1. The number of thiazole rings is 1. The van der Waals surface area contributed by atoms with E-state index in [0.29, 0.717) is 15.7 Å². The Morgan fingerprint density at radius 1 is 1.17 bits per heavy atom. The second kappa shape index (κ2) is 10.7. The third-order valence-corrected chi connectivity index (χ3v) is 8.38. The van der Waals surface area contributed by atoms with Crippen molar-refractivity contribution < 1.29 is 9.59 Å². The molecule has 0 bridgehead atoms. The zero-order valence-electron chi connectivity index (χ0n) is 20.0. The molecule has 0 spiro atoms. The summed E-state index contributed by atoms with van der Waals surface area (Å²) in [6, 6.07) is 7.10. The average Bonchev–Trinajstić information content (AvgIpc) is 3.47. The Hall–Kier alpha value is -2.42. The third kappa shape index (κ3) is 5.55. The zero-order chi connectivity index (χ0) is 24.4. The lowest BCUT2D eigenvalue weighted by Crippen LogP contribution is -2.53. The number of rotatable bonds is 7. The van der Waals surface area contributed by atoms with E-state index in [1.807, 2.05) is 18.2 Å². The average molecular weight is 514 g/mol. The third-order valence-electron chi connectivity index (χ3n) is 7.06. The molecule has 3 aromatic rings. The summed E-state index contributed by atoms with van der Waals surface area (Å²) in [5.74, 6) is -0.295. The maximum Gasteiger partial charge on any atom is 0.280 e. The first-order chi connectivity index (χ1) is 17.0. The second-order valence-electron chi connectivity index (χ2n) is 9.63. The van der Waals surface area contributed by atoms with Crippen molar-refractivity contribution in [3.05, 3.63) is 50.6 Å². The number of carbonyl (C=O) groups is 2. The van der Waals surface area contributed by atoms with Gasteiger partial charge in [-0.2, -0.15) is 0 Å². The van der Waals surface area contributed by atoms with Gasteiger partial charge < -0.3 is 15.6 Å². The number of aromatic amines is 1. The van der Waals surface area contributed by atoms with Gasteiger partial charge in [0.1, 0.15) is 5.69 Å². The number of H-pyrrole nitrogens is 1. The molecule has 1 aliphatic heterocycles. The van der Waals surface area contributed by atoms with Gasteiger partial charge in [0.05, 0.1) is 5.69 Å². The van der Waals surface area contributed by atoms with Crippen LogP contribution in [0.15, 0.2) is 24.3 Å². The number of amides is 2. The highest BCUT2D eigenvalue weighted by atomic mass is 35.5. The van der Waals surface area contributed by atoms with E-state index in [0.717, 1.165) is 68.3 Å². The highest BCUT2D eigenvalue weighted by Gasteiger charge is 2.30. The lowest BCUT2D eigenvalue weighted by Gasteiger charge is -2.32. The van der Waals surface area contributed by atoms with Gasteiger partial charge >= 0.3 is 0 Å². The molecule has 2 amide bonds. The number of halogens is 1. The van der Waals surface area contributed by atoms with Crippen LogP contribution >= 0.6 is 22.9 Å². The molecule has 3 N–H and O–H groups in total. The number of hydrogen-bond donors (Lipinski definition) is 3. The minimum Gasteiger partial charge on any atom is -0.351 e. The van der Waals surface area contributed by atoms with Gasteiger partial charge in [-0.25, -0.2) is 4.98 Å². The van der Waals surface area contributed by atoms with Crippen molar-refractivity contribution in [3.63, 3.8) is 0 Å². The molecule has 0 radical (unpaired) electrons. The summed E-state index contributed by atoms with van der Waals surface area (Å²) in [6.07, 6.45) is 7.02. The Labute approximate surface area is 214 Å². The van der Waals surface area contributed by atoms with Crippen LogP contribution in [0.4, 0.5) is 0 Å². The number of nitrogens with one attached hydrogen (secondary N) is 3. The fourth-order valence-electron chi connectivity index (χ4n) is 5.10. The van der Waals surface area contributed by atoms with Crippen molar-refractivity contribution in [2.45, 2.75) is 70.5 Å². The van der Waals surface area contributed by atoms with Crippen molar-refractivity contribution in [2.75, 3.05) is 13.1 Å². The minimum atomic E-state index is -0.166. The van der Waals surface area contributed by atoms with E-state index >= 15 is 0 Å². The molecule has 7 nitrogen and oxygen atoms in total. The molecule has 1 aromatic carbocycles. The van der Waals surface area contributed by atoms with Crippen LogP contribution < -0.4 is 10.6 Å². The number of hydrogen-bond acceptors (Lipinski definition) is 5. The van der Waals surface area contributed by atoms with Gasteiger partial charge in [-0.15, -0.1) is 11.3 Å². The first-order valence-electron chi connectivity index (χ1n) is 12.6. The van der Waals surface area contributed by atoms with Crippen molar-refractivity contribution >= 4 is 45.7 Å². The fourth-order valence-corrected chi connectivity index (χ4v) is 6.33. The molecule has 2 atom stereocenters. The lowest BCUT2D eigenvalue weighted by atomic mass is 9.90. The normalized spacial score (nSPS) is 20.5. The van der Waals surface area contributed by atoms with Gasteiger partial charge in [0.25, 0.3) is 11.8 Å². The summed E-state index contributed by atoms with van der Waals surface area (Å²) in [5.41, 5.74) is 2.44. The summed E-state index contributed by atoms with van der Waals surface area (Å²) in [7, 11) is 0. The molecule has 35 heavy (non-hydrogen) atoms. The van der Waals surface area contributed by atoms with Gasteiger partial charge in [-0.1, -0.05) is 37.8 Å². The van der Waals surface area contributed by atoms with Gasteiger partial charge in [-0.3, -0.25) is 14.5 Å². The van der Waals surface area contributed by atoms with Gasteiger partial charge in [0.15, 0.2) is 5.01 Å². The fraction of sp³-hybridized carbons (Fsp3) is 0.500. The Morgan fingerprint density at radius 2 is 1.94 bits per heavy atom. The molecular formula is C26H32ClN5O2S. The van der Waals surface area contributed by atoms with Crippen LogP contribution in [0.5, 0.6) is 0 Å². The van der Waals surface area contributed by atoms with Crippen LogP contribution in [-0.4, -0.2) is 51.9 Å². The predicted octanol–water partition coefficient (Wildman–Crippen LogP) is 4.91. The summed E-state index contributed by atoms with van der Waals surface area (Å²) in [6.45, 7) is 5.20. The van der Waals surface area contributed by atoms with Gasteiger partial charge in [-0.05, 0) is 50.1 Å². The van der Waals surface area contributed by atoms with E-state index in [-0.39, 0.29) is 23.9 Å². The highest BCUT2D eigenvalue weighted by Crippen LogP contribution is 2.27. The topological polar surface area (TPSA) is 90.1 Å². The summed E-state index contributed by atoms with van der Waals surface area (Å²) < 4.78 is 0. The molecule has 3 heterocycles. The van der Waals surface area contributed by atoms with Crippen LogP contribution in [0.3, 0.4) is 0 Å². The number of nitrogens with zero attached hydrogens (tertiary/aromatic N) is 2. The summed E-state index contributed by atoms with van der Waals surface area (Å²) >= 11 is 7.60. The quantitative estimate of drug-likeness (QED) is 0.419. The molecule has 186 valence electrons. The monoisotopic (exact) mass is 513 g/mol. The Balaban J connectivity index is 1.23. The zero-order valence-corrected chi connectivity index (χ0v) is 21.6. The molecule has 1 saturated carbocycles. The van der Waals surface area contributed by atoms with Crippen LogP contribution in [-0.2, 0) is 13.0 Å². The van der Waals surface area contributed by atoms with Crippen LogP contribution in [0, 0.1) is 0 Å². The number of carbonyl (C=O) groups excluding carboxylic acids is 2. The SMILES string of the molecule is CCCCN1CCc2nc(C(=O)NC3CCCCC3NC(=O)c3cc4cc(Cl)ccc4[nH]3)sc2C1. The van der Waals surface area contributed by atoms with Crippen molar-refractivity contribution in [3.8, 4) is 0 Å². The molecule has 1 aliphatic carbocycles. The summed E-state index contributed by atoms with van der Waals surface area (Å²) in [5, 5.41) is 8.41. The van der Waals surface area contributed by atoms with Crippen molar-refractivity contribution in [1.29, 1.82) is 0 Å². The molecule has 2 aliphatic rings. The Morgan fingerprint density at radius 3 is 2.71 bits per heavy atom. The van der Waals surface area contributed by atoms with E-state index in [1.165, 1.54) is 29.1 Å². The standard InChI is InChI=1S/C26H32ClN5O2S/c1-2-3-11-32-12-10-21-23(15-32)35-26(31-21)25(34)30-20-7-5-4-6-19(20)29-24(33)22-14-16-13-17(27)8-9-18(16)28-22/h8-9,13-14,19-20,28H,2-7,10-12,15H2,1H3,(H,29,33)(H,30,34). The highest BCUT2D eigenvalue weighted by molar-refractivity contribution is 7.13. The van der Waals surface area contributed by atoms with Crippen LogP contribution in [0.25, 0.3) is 10.9 Å². The molecule has 2 unspecified atom stereocenters. The molecular weight excluding hydrogens is 482 g/mol. The minimum absolute atomic E-state index is 0.110. The van der Waals surface area contributed by atoms with Crippen LogP contribution in [0.2, 0.25) is 5.02 Å². The summed E-state index contributed by atoms with van der Waals surface area (Å²) in [4.78, 5) is 37.6. The van der Waals surface area contributed by atoms with Gasteiger partial charge in [0.2, 0.25) is 0 Å². The maximum atomic E-state index is 13.1. The lowest BCUT2D eigenvalue weighted by molar-refractivity contribution is 0.0860. The number of fused-ring (bicyclic) bond motifs is 2. The van der Waals surface area contributed by atoms with Crippen molar-refractivity contribution in [1.82, 2.24) is 25.5 Å². The number of unbranched alkanes of at least 4 members (excludes halogenated alkanes) is 1. The van der Waals surface area contributed by atoms with Crippen molar-refractivity contribution in [2.24, 2.45) is 0 Å². The molecule has 1 fully saturated rings. The molecule has 5 rings (SSSR count). The van der Waals surface area contributed by atoms with E-state index in [1.54, 1.807) is 6.07 Å². The molecule has 2 aromatic heterocycles. The first-order valence-corrected chi connectivity index (χ1v) is 13.8.